The second-order valence-corrected chi connectivity index (χ2v) is 3.10. The van der Waals surface area contributed by atoms with Gasteiger partial charge in [-0.25, -0.2) is 4.39 Å². The summed E-state index contributed by atoms with van der Waals surface area (Å²) < 4.78 is 18.1. The van der Waals surface area contributed by atoms with Crippen molar-refractivity contribution in [3.63, 3.8) is 0 Å². The number of benzene rings is 1. The second kappa shape index (κ2) is 4.86. The number of non-ortho nitro benzene ring substituents is 1. The number of methoxy groups -OCH3 is 1. The largest absolute Gasteiger partial charge is 0.493 e. The van der Waals surface area contributed by atoms with E-state index in [-0.39, 0.29) is 11.3 Å². The van der Waals surface area contributed by atoms with Crippen LogP contribution < -0.4 is 10.5 Å². The molecule has 0 aliphatic rings. The lowest BCUT2D eigenvalue weighted by atomic mass is 10.1. The second-order valence-electron chi connectivity index (χ2n) is 3.10. The molecule has 1 aromatic carbocycles. The summed E-state index contributed by atoms with van der Waals surface area (Å²) in [5.74, 6) is -1.07. The normalized spacial score (nSPS) is 12.2. The van der Waals surface area contributed by atoms with E-state index < -0.39 is 29.1 Å². The third kappa shape index (κ3) is 2.26. The van der Waals surface area contributed by atoms with Crippen molar-refractivity contribution in [2.45, 2.75) is 6.04 Å². The van der Waals surface area contributed by atoms with Crippen molar-refractivity contribution >= 4 is 5.69 Å². The minimum Gasteiger partial charge on any atom is -0.493 e. The van der Waals surface area contributed by atoms with Crippen LogP contribution in [0, 0.1) is 15.9 Å². The first-order chi connectivity index (χ1) is 7.51. The van der Waals surface area contributed by atoms with Crippen LogP contribution in [0.1, 0.15) is 11.6 Å². The van der Waals surface area contributed by atoms with Crippen LogP contribution in [0.25, 0.3) is 0 Å². The van der Waals surface area contributed by atoms with E-state index in [1.54, 1.807) is 0 Å². The predicted octanol–water partition coefficient (Wildman–Crippen LogP) is 0.735. The van der Waals surface area contributed by atoms with Gasteiger partial charge in [0.15, 0.2) is 11.6 Å². The van der Waals surface area contributed by atoms with Gasteiger partial charge >= 0.3 is 0 Å². The molecule has 0 radical (unpaired) electrons. The molecule has 6 nitrogen and oxygen atoms in total. The third-order valence-electron chi connectivity index (χ3n) is 2.07. The Balaban J connectivity index is 3.36. The Morgan fingerprint density at radius 1 is 1.69 bits per heavy atom. The van der Waals surface area contributed by atoms with Gasteiger partial charge in [-0.2, -0.15) is 0 Å². The molecular formula is C9H11FN2O4. The molecule has 0 saturated carbocycles. The fourth-order valence-electron chi connectivity index (χ4n) is 1.29. The fraction of sp³-hybridized carbons (Fsp3) is 0.333. The van der Waals surface area contributed by atoms with Crippen LogP contribution in [0.2, 0.25) is 0 Å². The summed E-state index contributed by atoms with van der Waals surface area (Å²) in [5.41, 5.74) is 5.12. The summed E-state index contributed by atoms with van der Waals surface area (Å²) in [5, 5.41) is 19.4. The van der Waals surface area contributed by atoms with Crippen LogP contribution in [0.4, 0.5) is 10.1 Å². The van der Waals surface area contributed by atoms with Gasteiger partial charge in [-0.15, -0.1) is 0 Å². The minimum absolute atomic E-state index is 0.0664. The number of hydrogen-bond donors (Lipinski definition) is 2. The number of rotatable bonds is 4. The highest BCUT2D eigenvalue weighted by atomic mass is 19.1. The zero-order valence-corrected chi connectivity index (χ0v) is 8.51. The summed E-state index contributed by atoms with van der Waals surface area (Å²) in [6, 6.07) is 0.902. The highest BCUT2D eigenvalue weighted by Gasteiger charge is 2.21. The van der Waals surface area contributed by atoms with Crippen LogP contribution in [-0.2, 0) is 0 Å². The number of nitrogens with two attached hydrogens (primary N) is 1. The molecule has 7 heteroatoms. The zero-order chi connectivity index (χ0) is 12.3. The molecule has 1 unspecified atom stereocenters. The number of aliphatic hydroxyl groups excluding tert-OH is 1. The maximum atomic E-state index is 13.4. The van der Waals surface area contributed by atoms with E-state index in [2.05, 4.69) is 0 Å². The van der Waals surface area contributed by atoms with E-state index in [4.69, 9.17) is 15.6 Å². The van der Waals surface area contributed by atoms with Gasteiger partial charge in [0.1, 0.15) is 0 Å². The number of ether oxygens (including phenoxy) is 1. The van der Waals surface area contributed by atoms with Crippen molar-refractivity contribution in [1.29, 1.82) is 0 Å². The Labute approximate surface area is 90.6 Å². The summed E-state index contributed by atoms with van der Waals surface area (Å²) in [6.45, 7) is -0.461. The molecule has 3 N–H and O–H groups in total. The summed E-state index contributed by atoms with van der Waals surface area (Å²) in [7, 11) is 1.22. The van der Waals surface area contributed by atoms with Crippen LogP contribution >= 0.6 is 0 Å². The fourth-order valence-corrected chi connectivity index (χ4v) is 1.29. The van der Waals surface area contributed by atoms with Gasteiger partial charge in [0, 0.05) is 11.6 Å². The number of halogens is 1. The van der Waals surface area contributed by atoms with Crippen LogP contribution in [0.5, 0.6) is 5.75 Å². The monoisotopic (exact) mass is 230 g/mol. The first kappa shape index (κ1) is 12.3. The number of aliphatic hydroxyl groups is 1. The SMILES string of the molecule is COc1c(F)cc([N+](=O)[O-])cc1C(N)CO. The smallest absolute Gasteiger partial charge is 0.272 e. The van der Waals surface area contributed by atoms with Crippen molar-refractivity contribution in [3.8, 4) is 5.75 Å². The Morgan fingerprint density at radius 3 is 2.75 bits per heavy atom. The van der Waals surface area contributed by atoms with Crippen molar-refractivity contribution in [3.05, 3.63) is 33.6 Å². The average molecular weight is 230 g/mol. The van der Waals surface area contributed by atoms with E-state index in [0.717, 1.165) is 12.1 Å². The van der Waals surface area contributed by atoms with Crippen molar-refractivity contribution in [2.24, 2.45) is 5.73 Å². The van der Waals surface area contributed by atoms with Gasteiger partial charge in [0.25, 0.3) is 5.69 Å². The average Bonchev–Trinajstić information content (AvgIpc) is 2.26. The number of nitro benzene ring substituents is 1. The molecule has 0 saturated heterocycles. The maximum absolute atomic E-state index is 13.4. The van der Waals surface area contributed by atoms with Gasteiger partial charge < -0.3 is 15.6 Å². The van der Waals surface area contributed by atoms with Gasteiger partial charge in [-0.05, 0) is 0 Å². The molecule has 1 aromatic rings. The third-order valence-corrected chi connectivity index (χ3v) is 2.07. The molecule has 0 aliphatic carbocycles. The Kier molecular flexibility index (Phi) is 3.75. The lowest BCUT2D eigenvalue weighted by Crippen LogP contribution is -2.16. The molecule has 0 aromatic heterocycles. The highest BCUT2D eigenvalue weighted by Crippen LogP contribution is 2.31. The van der Waals surface area contributed by atoms with E-state index in [1.807, 2.05) is 0 Å². The molecular weight excluding hydrogens is 219 g/mol. The molecule has 0 amide bonds. The number of hydrogen-bond acceptors (Lipinski definition) is 5. The van der Waals surface area contributed by atoms with E-state index in [1.165, 1.54) is 7.11 Å². The zero-order valence-electron chi connectivity index (χ0n) is 8.51. The molecule has 0 spiro atoms. The van der Waals surface area contributed by atoms with Crippen molar-refractivity contribution in [1.82, 2.24) is 0 Å². The summed E-state index contributed by atoms with van der Waals surface area (Å²) in [6.07, 6.45) is 0. The standard InChI is InChI=1S/C9H11FN2O4/c1-16-9-6(8(11)4-13)2-5(12(14)15)3-7(9)10/h2-3,8,13H,4,11H2,1H3. The molecule has 16 heavy (non-hydrogen) atoms. The van der Waals surface area contributed by atoms with Crippen LogP contribution in [0.3, 0.4) is 0 Å². The number of nitro groups is 1. The molecule has 0 bridgehead atoms. The Morgan fingerprint density at radius 2 is 2.31 bits per heavy atom. The minimum atomic E-state index is -0.927. The van der Waals surface area contributed by atoms with Crippen molar-refractivity contribution in [2.75, 3.05) is 13.7 Å². The first-order valence-corrected chi connectivity index (χ1v) is 4.39. The summed E-state index contributed by atoms with van der Waals surface area (Å²) >= 11 is 0. The molecule has 0 heterocycles. The molecule has 0 aliphatic heterocycles. The molecule has 88 valence electrons. The Bertz CT molecular complexity index is 411. The van der Waals surface area contributed by atoms with Crippen LogP contribution in [-0.4, -0.2) is 23.7 Å². The van der Waals surface area contributed by atoms with E-state index in [9.17, 15) is 14.5 Å². The topological polar surface area (TPSA) is 98.6 Å². The lowest BCUT2D eigenvalue weighted by Gasteiger charge is -2.13. The molecule has 1 rings (SSSR count). The number of nitrogens with zero attached hydrogens (tertiary/aromatic N) is 1. The molecule has 1 atom stereocenters. The quantitative estimate of drug-likeness (QED) is 0.587. The van der Waals surface area contributed by atoms with E-state index >= 15 is 0 Å². The van der Waals surface area contributed by atoms with Gasteiger partial charge in [-0.1, -0.05) is 0 Å². The first-order valence-electron chi connectivity index (χ1n) is 4.39. The van der Waals surface area contributed by atoms with E-state index in [0.29, 0.717) is 0 Å². The summed E-state index contributed by atoms with van der Waals surface area (Å²) in [4.78, 5) is 9.77. The van der Waals surface area contributed by atoms with Crippen LogP contribution in [0.15, 0.2) is 12.1 Å². The predicted molar refractivity (Wildman–Crippen MR) is 53.6 cm³/mol. The lowest BCUT2D eigenvalue weighted by molar-refractivity contribution is -0.385. The highest BCUT2D eigenvalue weighted by molar-refractivity contribution is 5.46. The Hall–Kier alpha value is -1.73. The van der Waals surface area contributed by atoms with Gasteiger partial charge in [0.05, 0.1) is 30.7 Å². The van der Waals surface area contributed by atoms with Gasteiger partial charge in [-0.3, -0.25) is 10.1 Å². The van der Waals surface area contributed by atoms with Gasteiger partial charge in [0.2, 0.25) is 0 Å². The molecule has 0 fully saturated rings. The maximum Gasteiger partial charge on any atom is 0.272 e. The van der Waals surface area contributed by atoms with Crippen molar-refractivity contribution < 1.29 is 19.2 Å².